The molecule has 7 nitrogen and oxygen atoms in total. The van der Waals surface area contributed by atoms with Gasteiger partial charge in [0, 0.05) is 50.5 Å². The molecule has 1 saturated heterocycles. The number of nitrogens with one attached hydrogen (secondary N) is 1. The van der Waals surface area contributed by atoms with Gasteiger partial charge in [0.25, 0.3) is 0 Å². The van der Waals surface area contributed by atoms with E-state index in [4.69, 9.17) is 0 Å². The largest absolute Gasteiger partial charge is 0.353 e. The molecule has 1 atom stereocenters. The fourth-order valence-corrected chi connectivity index (χ4v) is 3.91. The van der Waals surface area contributed by atoms with E-state index in [9.17, 15) is 9.59 Å². The number of likely N-dealkylation sites (tertiary alicyclic amines) is 1. The molecule has 4 rings (SSSR count). The molecule has 1 N–H and O–H groups in total. The van der Waals surface area contributed by atoms with Crippen molar-refractivity contribution in [1.82, 2.24) is 25.0 Å². The Morgan fingerprint density at radius 2 is 1.96 bits per heavy atom. The second kappa shape index (κ2) is 7.90. The van der Waals surface area contributed by atoms with Gasteiger partial charge in [-0.2, -0.15) is 0 Å². The van der Waals surface area contributed by atoms with E-state index in [-0.39, 0.29) is 17.9 Å². The van der Waals surface area contributed by atoms with Crippen LogP contribution in [0.4, 0.5) is 0 Å². The highest BCUT2D eigenvalue weighted by atomic mass is 16.2. The quantitative estimate of drug-likeness (QED) is 0.874. The lowest BCUT2D eigenvalue weighted by Crippen LogP contribution is -2.37. The molecule has 2 aliphatic heterocycles. The molecule has 1 aromatic carbocycles. The minimum atomic E-state index is 0.0284. The number of aryl methyl sites for hydroxylation is 1. The van der Waals surface area contributed by atoms with Crippen molar-refractivity contribution in [3.8, 4) is 11.4 Å². The summed E-state index contributed by atoms with van der Waals surface area (Å²) in [5.74, 6) is 2.07. The molecule has 0 aliphatic carbocycles. The smallest absolute Gasteiger partial charge is 0.222 e. The summed E-state index contributed by atoms with van der Waals surface area (Å²) in [7, 11) is 0. The van der Waals surface area contributed by atoms with Gasteiger partial charge in [-0.15, -0.1) is 10.2 Å². The molecule has 0 saturated carbocycles. The first kappa shape index (κ1) is 17.7. The summed E-state index contributed by atoms with van der Waals surface area (Å²) < 4.78 is 2.17. The van der Waals surface area contributed by atoms with Gasteiger partial charge in [-0.05, 0) is 19.3 Å². The predicted molar refractivity (Wildman–Crippen MR) is 101 cm³/mol. The van der Waals surface area contributed by atoms with Crippen LogP contribution in [0.1, 0.15) is 37.9 Å². The third-order valence-corrected chi connectivity index (χ3v) is 5.42. The van der Waals surface area contributed by atoms with E-state index >= 15 is 0 Å². The van der Waals surface area contributed by atoms with Crippen LogP contribution in [0.5, 0.6) is 0 Å². The minimum Gasteiger partial charge on any atom is -0.353 e. The molecule has 1 unspecified atom stereocenters. The first-order chi connectivity index (χ1) is 13.2. The number of carbonyl (C=O) groups excluding carboxylic acids is 2. The Balaban J connectivity index is 1.33. The summed E-state index contributed by atoms with van der Waals surface area (Å²) in [5.41, 5.74) is 1.06. The van der Waals surface area contributed by atoms with Crippen molar-refractivity contribution in [2.24, 2.45) is 0 Å². The lowest BCUT2D eigenvalue weighted by atomic mass is 10.1. The van der Waals surface area contributed by atoms with Crippen LogP contribution in [0.3, 0.4) is 0 Å². The fourth-order valence-electron chi connectivity index (χ4n) is 3.91. The summed E-state index contributed by atoms with van der Waals surface area (Å²) >= 11 is 0. The third kappa shape index (κ3) is 4.02. The first-order valence-electron chi connectivity index (χ1n) is 9.75. The van der Waals surface area contributed by atoms with E-state index < -0.39 is 0 Å². The average Bonchev–Trinajstić information content (AvgIpc) is 3.23. The number of hydrogen-bond donors (Lipinski definition) is 1. The Bertz CT molecular complexity index is 817. The van der Waals surface area contributed by atoms with Gasteiger partial charge in [-0.25, -0.2) is 0 Å². The van der Waals surface area contributed by atoms with Crippen LogP contribution in [-0.2, 0) is 22.6 Å². The fraction of sp³-hybridized carbons (Fsp3) is 0.500. The van der Waals surface area contributed by atoms with E-state index in [1.165, 1.54) is 0 Å². The number of hydrogen-bond acceptors (Lipinski definition) is 4. The molecule has 142 valence electrons. The maximum absolute atomic E-state index is 12.3. The Kier molecular flexibility index (Phi) is 5.18. The minimum absolute atomic E-state index is 0.0284. The van der Waals surface area contributed by atoms with E-state index in [0.717, 1.165) is 56.0 Å². The molecule has 0 bridgehead atoms. The SMILES string of the molecule is O=C(CCN1CCCC1=O)NC1CCc2nnc(-c3ccccc3)n2CC1. The van der Waals surface area contributed by atoms with Crippen LogP contribution in [0.25, 0.3) is 11.4 Å². The van der Waals surface area contributed by atoms with Crippen molar-refractivity contribution in [1.29, 1.82) is 0 Å². The molecule has 1 aromatic heterocycles. The topological polar surface area (TPSA) is 80.1 Å². The van der Waals surface area contributed by atoms with Gasteiger partial charge in [-0.1, -0.05) is 30.3 Å². The van der Waals surface area contributed by atoms with E-state index in [0.29, 0.717) is 19.4 Å². The second-order valence-electron chi connectivity index (χ2n) is 7.28. The summed E-state index contributed by atoms with van der Waals surface area (Å²) in [6, 6.07) is 10.2. The zero-order chi connectivity index (χ0) is 18.6. The Hall–Kier alpha value is -2.70. The van der Waals surface area contributed by atoms with Crippen LogP contribution < -0.4 is 5.32 Å². The van der Waals surface area contributed by atoms with Crippen molar-refractivity contribution in [2.45, 2.75) is 51.1 Å². The number of aromatic nitrogens is 3. The summed E-state index contributed by atoms with van der Waals surface area (Å²) in [6.07, 6.45) is 4.43. The van der Waals surface area contributed by atoms with Crippen LogP contribution in [0.15, 0.2) is 30.3 Å². The van der Waals surface area contributed by atoms with Gasteiger partial charge in [-0.3, -0.25) is 9.59 Å². The zero-order valence-electron chi connectivity index (χ0n) is 15.4. The number of amides is 2. The van der Waals surface area contributed by atoms with Crippen molar-refractivity contribution < 1.29 is 9.59 Å². The molecular weight excluding hydrogens is 342 g/mol. The highest BCUT2D eigenvalue weighted by Crippen LogP contribution is 2.22. The van der Waals surface area contributed by atoms with Crippen molar-refractivity contribution >= 4 is 11.8 Å². The summed E-state index contributed by atoms with van der Waals surface area (Å²) in [6.45, 7) is 2.11. The van der Waals surface area contributed by atoms with Gasteiger partial charge < -0.3 is 14.8 Å². The third-order valence-electron chi connectivity index (χ3n) is 5.42. The zero-order valence-corrected chi connectivity index (χ0v) is 15.4. The molecule has 0 spiro atoms. The van der Waals surface area contributed by atoms with Gasteiger partial charge in [0.2, 0.25) is 11.8 Å². The molecule has 0 radical (unpaired) electrons. The van der Waals surface area contributed by atoms with Crippen molar-refractivity contribution in [3.05, 3.63) is 36.2 Å². The average molecular weight is 367 g/mol. The van der Waals surface area contributed by atoms with Crippen molar-refractivity contribution in [3.63, 3.8) is 0 Å². The highest BCUT2D eigenvalue weighted by molar-refractivity contribution is 5.80. The van der Waals surface area contributed by atoms with E-state index in [1.54, 1.807) is 4.90 Å². The molecular formula is C20H25N5O2. The number of rotatable bonds is 5. The maximum atomic E-state index is 12.3. The Morgan fingerprint density at radius 1 is 1.11 bits per heavy atom. The summed E-state index contributed by atoms with van der Waals surface area (Å²) in [5, 5.41) is 11.9. The standard InChI is InChI=1S/C20H25N5O2/c26-18(11-13-24-12-4-7-19(24)27)21-16-8-9-17-22-23-20(25(17)14-10-16)15-5-2-1-3-6-15/h1-3,5-6,16H,4,7-14H2,(H,21,26). The highest BCUT2D eigenvalue weighted by Gasteiger charge is 2.23. The molecule has 3 heterocycles. The number of carbonyl (C=O) groups is 2. The summed E-state index contributed by atoms with van der Waals surface area (Å²) in [4.78, 5) is 25.7. The van der Waals surface area contributed by atoms with Crippen LogP contribution in [0.2, 0.25) is 0 Å². The monoisotopic (exact) mass is 367 g/mol. The molecule has 27 heavy (non-hydrogen) atoms. The maximum Gasteiger partial charge on any atom is 0.222 e. The van der Waals surface area contributed by atoms with Gasteiger partial charge in [0.15, 0.2) is 5.82 Å². The van der Waals surface area contributed by atoms with E-state index in [1.807, 2.05) is 30.3 Å². The Morgan fingerprint density at radius 3 is 2.74 bits per heavy atom. The molecule has 2 amide bonds. The Labute approximate surface area is 158 Å². The van der Waals surface area contributed by atoms with Gasteiger partial charge in [0.1, 0.15) is 5.82 Å². The predicted octanol–water partition coefficient (Wildman–Crippen LogP) is 1.78. The molecule has 1 fully saturated rings. The lowest BCUT2D eigenvalue weighted by Gasteiger charge is -2.18. The van der Waals surface area contributed by atoms with Crippen LogP contribution >= 0.6 is 0 Å². The second-order valence-corrected chi connectivity index (χ2v) is 7.28. The number of benzene rings is 1. The number of nitrogens with zero attached hydrogens (tertiary/aromatic N) is 4. The normalized spacial score (nSPS) is 19.6. The van der Waals surface area contributed by atoms with Gasteiger partial charge in [0.05, 0.1) is 0 Å². The number of fused-ring (bicyclic) bond motifs is 1. The van der Waals surface area contributed by atoms with Crippen molar-refractivity contribution in [2.75, 3.05) is 13.1 Å². The van der Waals surface area contributed by atoms with Crippen LogP contribution in [-0.4, -0.2) is 50.6 Å². The molecule has 7 heteroatoms. The van der Waals surface area contributed by atoms with Crippen LogP contribution in [0, 0.1) is 0 Å². The lowest BCUT2D eigenvalue weighted by molar-refractivity contribution is -0.128. The molecule has 2 aliphatic rings. The van der Waals surface area contributed by atoms with Gasteiger partial charge >= 0.3 is 0 Å². The van der Waals surface area contributed by atoms with E-state index in [2.05, 4.69) is 20.1 Å². The first-order valence-corrected chi connectivity index (χ1v) is 9.75. The molecule has 2 aromatic rings.